The van der Waals surface area contributed by atoms with Crippen LogP contribution in [-0.4, -0.2) is 57.7 Å². The molecule has 0 aromatic heterocycles. The second kappa shape index (κ2) is 12.3. The van der Waals surface area contributed by atoms with Crippen molar-refractivity contribution in [3.63, 3.8) is 0 Å². The minimum absolute atomic E-state index is 0. The van der Waals surface area contributed by atoms with Crippen molar-refractivity contribution >= 4 is 64.7 Å². The van der Waals surface area contributed by atoms with E-state index in [1.165, 1.54) is 19.4 Å². The van der Waals surface area contributed by atoms with Gasteiger partial charge in [0, 0.05) is 25.2 Å². The van der Waals surface area contributed by atoms with E-state index in [0.29, 0.717) is 39.9 Å². The average Bonchev–Trinajstić information content (AvgIpc) is 2.56. The summed E-state index contributed by atoms with van der Waals surface area (Å²) in [7, 11) is 3.93. The Morgan fingerprint density at radius 2 is 1.96 bits per heavy atom. The largest absolute Gasteiger partial charge is 0.489 e. The molecule has 26 heavy (non-hydrogen) atoms. The number of aliphatic imine (C=N–C) groups is 1. The molecule has 1 unspecified atom stereocenters. The van der Waals surface area contributed by atoms with Gasteiger partial charge in [-0.1, -0.05) is 34.8 Å². The predicted molar refractivity (Wildman–Crippen MR) is 122 cm³/mol. The van der Waals surface area contributed by atoms with Gasteiger partial charge in [0.05, 0.1) is 16.6 Å². The number of hydrogen-bond acceptors (Lipinski definition) is 3. The number of ether oxygens (including phenoxy) is 1. The van der Waals surface area contributed by atoms with Gasteiger partial charge in [-0.3, -0.25) is 4.99 Å². The molecule has 0 saturated carbocycles. The topological polar surface area (TPSA) is 48.9 Å². The maximum atomic E-state index is 6.10. The van der Waals surface area contributed by atoms with E-state index < -0.39 is 0 Å². The lowest BCUT2D eigenvalue weighted by molar-refractivity contribution is 0.210. The van der Waals surface area contributed by atoms with Gasteiger partial charge in [-0.05, 0) is 44.5 Å². The van der Waals surface area contributed by atoms with Gasteiger partial charge in [0.1, 0.15) is 6.61 Å². The second-order valence-electron chi connectivity index (χ2n) is 6.20. The minimum atomic E-state index is 0. The Morgan fingerprint density at radius 3 is 2.58 bits per heavy atom. The van der Waals surface area contributed by atoms with E-state index in [1.54, 1.807) is 19.2 Å². The maximum absolute atomic E-state index is 6.10. The summed E-state index contributed by atoms with van der Waals surface area (Å²) in [6.45, 7) is 4.23. The summed E-state index contributed by atoms with van der Waals surface area (Å²) in [6, 6.07) is 3.22. The molecule has 0 spiro atoms. The maximum Gasteiger partial charge on any atom is 0.191 e. The Bertz CT molecular complexity index is 580. The zero-order valence-corrected chi connectivity index (χ0v) is 19.6. The van der Waals surface area contributed by atoms with E-state index in [0.717, 1.165) is 19.0 Å². The van der Waals surface area contributed by atoms with E-state index in [9.17, 15) is 0 Å². The van der Waals surface area contributed by atoms with Crippen LogP contribution in [-0.2, 0) is 0 Å². The van der Waals surface area contributed by atoms with Crippen molar-refractivity contribution in [1.29, 1.82) is 0 Å². The quantitative estimate of drug-likeness (QED) is 0.249. The van der Waals surface area contributed by atoms with Crippen LogP contribution >= 0.6 is 58.8 Å². The summed E-state index contributed by atoms with van der Waals surface area (Å²) in [5.41, 5.74) is 0. The van der Waals surface area contributed by atoms with Crippen molar-refractivity contribution in [3.05, 3.63) is 27.2 Å². The third kappa shape index (κ3) is 7.84. The molecule has 1 atom stereocenters. The third-order valence-corrected chi connectivity index (χ3v) is 4.89. The van der Waals surface area contributed by atoms with Crippen molar-refractivity contribution in [1.82, 2.24) is 15.5 Å². The number of halogens is 4. The Kier molecular flexibility index (Phi) is 11.3. The lowest BCUT2D eigenvalue weighted by Crippen LogP contribution is -2.44. The fourth-order valence-corrected chi connectivity index (χ4v) is 3.82. The van der Waals surface area contributed by atoms with Crippen molar-refractivity contribution < 1.29 is 4.74 Å². The molecule has 9 heteroatoms. The Hall–Kier alpha value is -0.150. The second-order valence-corrected chi connectivity index (χ2v) is 7.45. The third-order valence-electron chi connectivity index (χ3n) is 4.11. The molecule has 0 aliphatic carbocycles. The highest BCUT2D eigenvalue weighted by atomic mass is 127. The van der Waals surface area contributed by atoms with Crippen LogP contribution in [0.25, 0.3) is 0 Å². The molecular weight excluding hydrogens is 509 g/mol. The van der Waals surface area contributed by atoms with E-state index in [2.05, 4.69) is 27.6 Å². The van der Waals surface area contributed by atoms with Gasteiger partial charge in [-0.15, -0.1) is 24.0 Å². The first-order chi connectivity index (χ1) is 12.0. The first-order valence-corrected chi connectivity index (χ1v) is 9.53. The van der Waals surface area contributed by atoms with Crippen molar-refractivity contribution in [2.75, 3.05) is 46.9 Å². The molecule has 1 saturated heterocycles. The van der Waals surface area contributed by atoms with Gasteiger partial charge >= 0.3 is 0 Å². The Balaban J connectivity index is 0.00000338. The number of rotatable bonds is 6. The average molecular weight is 536 g/mol. The van der Waals surface area contributed by atoms with E-state index in [1.807, 2.05) is 0 Å². The molecule has 0 amide bonds. The molecule has 5 nitrogen and oxygen atoms in total. The smallest absolute Gasteiger partial charge is 0.191 e. The van der Waals surface area contributed by atoms with Crippen molar-refractivity contribution in [3.8, 4) is 5.75 Å². The summed E-state index contributed by atoms with van der Waals surface area (Å²) in [4.78, 5) is 6.61. The van der Waals surface area contributed by atoms with Crippen LogP contribution < -0.4 is 15.4 Å². The number of nitrogens with one attached hydrogen (secondary N) is 2. The molecular formula is C17H26Cl3IN4O. The molecule has 1 aliphatic heterocycles. The van der Waals surface area contributed by atoms with E-state index >= 15 is 0 Å². The summed E-state index contributed by atoms with van der Waals surface area (Å²) in [6.07, 6.45) is 2.51. The van der Waals surface area contributed by atoms with Gasteiger partial charge in [0.25, 0.3) is 0 Å². The van der Waals surface area contributed by atoms with Crippen LogP contribution in [0.4, 0.5) is 0 Å². The first kappa shape index (κ1) is 23.9. The molecule has 148 valence electrons. The normalized spacial score (nSPS) is 18.2. The fourth-order valence-electron chi connectivity index (χ4n) is 2.89. The van der Waals surface area contributed by atoms with Gasteiger partial charge in [0.2, 0.25) is 0 Å². The standard InChI is InChI=1S/C17H25Cl3N4O.HI/c1-21-17(23-10-12-4-3-6-24(2)11-12)22-5-7-25-16-14(19)8-13(18)9-15(16)20;/h8-9,12H,3-7,10-11H2,1-2H3,(H2,21,22,23);1H. The lowest BCUT2D eigenvalue weighted by atomic mass is 9.99. The predicted octanol–water partition coefficient (Wildman–Crippen LogP) is 4.15. The number of hydrogen-bond donors (Lipinski definition) is 2. The van der Waals surface area contributed by atoms with Gasteiger partial charge in [-0.2, -0.15) is 0 Å². The zero-order chi connectivity index (χ0) is 18.2. The molecule has 1 heterocycles. The number of benzene rings is 1. The number of guanidine groups is 1. The number of likely N-dealkylation sites (tertiary alicyclic amines) is 1. The van der Waals surface area contributed by atoms with E-state index in [4.69, 9.17) is 39.5 Å². The van der Waals surface area contributed by atoms with Crippen LogP contribution in [0.15, 0.2) is 17.1 Å². The zero-order valence-electron chi connectivity index (χ0n) is 15.0. The fraction of sp³-hybridized carbons (Fsp3) is 0.588. The number of piperidine rings is 1. The Labute approximate surface area is 187 Å². The summed E-state index contributed by atoms with van der Waals surface area (Å²) < 4.78 is 5.65. The summed E-state index contributed by atoms with van der Waals surface area (Å²) in [5, 5.41) is 7.90. The molecule has 2 rings (SSSR count). The lowest BCUT2D eigenvalue weighted by Gasteiger charge is -2.30. The molecule has 2 N–H and O–H groups in total. The van der Waals surface area contributed by atoms with Gasteiger partial charge < -0.3 is 20.3 Å². The van der Waals surface area contributed by atoms with Crippen LogP contribution in [0.5, 0.6) is 5.75 Å². The molecule has 0 radical (unpaired) electrons. The van der Waals surface area contributed by atoms with E-state index in [-0.39, 0.29) is 24.0 Å². The molecule has 0 bridgehead atoms. The minimum Gasteiger partial charge on any atom is -0.489 e. The Morgan fingerprint density at radius 1 is 1.27 bits per heavy atom. The number of nitrogens with zero attached hydrogens (tertiary/aromatic N) is 2. The van der Waals surface area contributed by atoms with Crippen LogP contribution in [0, 0.1) is 5.92 Å². The van der Waals surface area contributed by atoms with Crippen LogP contribution in [0.3, 0.4) is 0 Å². The molecule has 1 aliphatic rings. The van der Waals surface area contributed by atoms with Crippen LogP contribution in [0.1, 0.15) is 12.8 Å². The highest BCUT2D eigenvalue weighted by Gasteiger charge is 2.17. The van der Waals surface area contributed by atoms with Gasteiger partial charge in [0.15, 0.2) is 11.7 Å². The van der Waals surface area contributed by atoms with Crippen molar-refractivity contribution in [2.24, 2.45) is 10.9 Å². The monoisotopic (exact) mass is 534 g/mol. The molecule has 1 fully saturated rings. The summed E-state index contributed by atoms with van der Waals surface area (Å²) in [5.74, 6) is 1.87. The first-order valence-electron chi connectivity index (χ1n) is 8.40. The highest BCUT2D eigenvalue weighted by molar-refractivity contribution is 14.0. The molecule has 1 aromatic carbocycles. The van der Waals surface area contributed by atoms with Gasteiger partial charge in [-0.25, -0.2) is 0 Å². The summed E-state index contributed by atoms with van der Waals surface area (Å²) >= 11 is 18.1. The molecule has 1 aromatic rings. The SMILES string of the molecule is CN=C(NCCOc1c(Cl)cc(Cl)cc1Cl)NCC1CCCN(C)C1.I. The highest BCUT2D eigenvalue weighted by Crippen LogP contribution is 2.35. The van der Waals surface area contributed by atoms with Crippen LogP contribution in [0.2, 0.25) is 15.1 Å². The van der Waals surface area contributed by atoms with Crippen molar-refractivity contribution in [2.45, 2.75) is 12.8 Å².